The molecule has 1 fully saturated rings. The molecule has 0 saturated carbocycles. The van der Waals surface area contributed by atoms with E-state index >= 15 is 0 Å². The van der Waals surface area contributed by atoms with Gasteiger partial charge in [0.05, 0.1) is 28.4 Å². The molecule has 9 nitrogen and oxygen atoms in total. The number of nitriles is 1. The lowest BCUT2D eigenvalue weighted by Crippen LogP contribution is -2.38. The third-order valence-corrected chi connectivity index (χ3v) is 6.37. The van der Waals surface area contributed by atoms with Gasteiger partial charge in [0.25, 0.3) is 5.91 Å². The first kappa shape index (κ1) is 18.5. The van der Waals surface area contributed by atoms with Crippen LogP contribution in [-0.2, 0) is 0 Å². The van der Waals surface area contributed by atoms with Gasteiger partial charge in [0, 0.05) is 12.6 Å². The number of fused-ring (bicyclic) bond motifs is 5. The number of halogens is 1. The van der Waals surface area contributed by atoms with Gasteiger partial charge in [0.1, 0.15) is 17.5 Å². The largest absolute Gasteiger partial charge is 0.493 e. The zero-order valence-electron chi connectivity index (χ0n) is 16.1. The van der Waals surface area contributed by atoms with Crippen molar-refractivity contribution in [1.82, 2.24) is 19.2 Å². The van der Waals surface area contributed by atoms with Crippen LogP contribution in [0.25, 0.3) is 5.69 Å². The normalized spacial score (nSPS) is 19.2. The van der Waals surface area contributed by atoms with Gasteiger partial charge in [-0.15, -0.1) is 0 Å². The maximum absolute atomic E-state index is 13.2. The molecule has 2 aliphatic rings. The molecule has 1 amide bonds. The molecule has 152 valence electrons. The summed E-state index contributed by atoms with van der Waals surface area (Å²) in [4.78, 5) is 27.7. The molecule has 1 saturated heterocycles. The molecule has 2 aliphatic heterocycles. The van der Waals surface area contributed by atoms with Crippen LogP contribution in [0.2, 0.25) is 5.02 Å². The summed E-state index contributed by atoms with van der Waals surface area (Å²) in [6.07, 6.45) is 0.550. The van der Waals surface area contributed by atoms with Gasteiger partial charge < -0.3 is 14.5 Å². The first-order chi connectivity index (χ1) is 14.3. The van der Waals surface area contributed by atoms with Crippen molar-refractivity contribution >= 4 is 17.5 Å². The van der Waals surface area contributed by atoms with E-state index in [2.05, 4.69) is 5.16 Å². The number of rotatable bonds is 2. The van der Waals surface area contributed by atoms with E-state index < -0.39 is 11.7 Å². The minimum atomic E-state index is -0.442. The molecular weight excluding hydrogens is 410 g/mol. The lowest BCUT2D eigenvalue weighted by atomic mass is 10.1. The third kappa shape index (κ3) is 2.31. The van der Waals surface area contributed by atoms with E-state index in [4.69, 9.17) is 21.4 Å². The predicted octanol–water partition coefficient (Wildman–Crippen LogP) is 2.62. The average Bonchev–Trinajstić information content (AvgIpc) is 3.48. The Bertz CT molecular complexity index is 1330. The highest BCUT2D eigenvalue weighted by molar-refractivity contribution is 6.32. The predicted molar refractivity (Wildman–Crippen MR) is 105 cm³/mol. The fourth-order valence-corrected chi connectivity index (χ4v) is 4.71. The van der Waals surface area contributed by atoms with Gasteiger partial charge >= 0.3 is 5.69 Å². The summed E-state index contributed by atoms with van der Waals surface area (Å²) in [5.74, 6) is -0.00482. The Labute approximate surface area is 175 Å². The molecule has 1 N–H and O–H groups in total. The van der Waals surface area contributed by atoms with E-state index in [9.17, 15) is 14.7 Å². The SMILES string of the molecule is Cc1cc(C(=O)N2CC3CC2c2c(O)n(-c4ccc(C#N)c(Cl)c4C)c(=O)n23)no1. The number of aromatic nitrogens is 3. The van der Waals surface area contributed by atoms with Crippen LogP contribution >= 0.6 is 11.6 Å². The second-order valence-corrected chi connectivity index (χ2v) is 7.94. The highest BCUT2D eigenvalue weighted by Gasteiger charge is 2.49. The first-order valence-electron chi connectivity index (χ1n) is 9.33. The molecule has 30 heavy (non-hydrogen) atoms. The maximum Gasteiger partial charge on any atom is 0.336 e. The van der Waals surface area contributed by atoms with Crippen molar-refractivity contribution in [2.75, 3.05) is 6.54 Å². The van der Waals surface area contributed by atoms with E-state index in [1.165, 1.54) is 10.6 Å². The topological polar surface area (TPSA) is 117 Å². The van der Waals surface area contributed by atoms with Gasteiger partial charge in [0.15, 0.2) is 5.69 Å². The van der Waals surface area contributed by atoms with Gasteiger partial charge in [-0.1, -0.05) is 16.8 Å². The summed E-state index contributed by atoms with van der Waals surface area (Å²) in [6.45, 7) is 3.73. The molecule has 0 aliphatic carbocycles. The van der Waals surface area contributed by atoms with Gasteiger partial charge in [0.2, 0.25) is 5.88 Å². The molecule has 2 atom stereocenters. The average molecular weight is 426 g/mol. The highest BCUT2D eigenvalue weighted by atomic mass is 35.5. The molecule has 3 aromatic rings. The fourth-order valence-electron chi connectivity index (χ4n) is 4.51. The Hall–Kier alpha value is -3.51. The van der Waals surface area contributed by atoms with Gasteiger partial charge in [-0.05, 0) is 38.0 Å². The van der Waals surface area contributed by atoms with Crippen molar-refractivity contribution in [3.63, 3.8) is 0 Å². The summed E-state index contributed by atoms with van der Waals surface area (Å²) < 4.78 is 7.73. The number of likely N-dealkylation sites (tertiary alicyclic amines) is 1. The summed E-state index contributed by atoms with van der Waals surface area (Å²) in [7, 11) is 0. The van der Waals surface area contributed by atoms with Crippen LogP contribution in [0.1, 0.15) is 51.6 Å². The Kier molecular flexibility index (Phi) is 3.85. The van der Waals surface area contributed by atoms with Crippen molar-refractivity contribution in [3.05, 3.63) is 62.0 Å². The first-order valence-corrected chi connectivity index (χ1v) is 9.71. The number of imidazole rings is 1. The van der Waals surface area contributed by atoms with Crippen LogP contribution in [-0.4, -0.2) is 36.7 Å². The molecule has 10 heteroatoms. The van der Waals surface area contributed by atoms with Crippen molar-refractivity contribution in [2.45, 2.75) is 32.4 Å². The van der Waals surface area contributed by atoms with E-state index in [0.717, 1.165) is 0 Å². The van der Waals surface area contributed by atoms with Crippen molar-refractivity contribution in [2.24, 2.45) is 0 Å². The number of aromatic hydroxyl groups is 1. The molecule has 0 radical (unpaired) electrons. The molecule has 5 rings (SSSR count). The molecular formula is C20H16ClN5O4. The molecule has 2 bridgehead atoms. The Morgan fingerprint density at radius 2 is 2.17 bits per heavy atom. The van der Waals surface area contributed by atoms with Crippen molar-refractivity contribution in [3.8, 4) is 17.6 Å². The van der Waals surface area contributed by atoms with Gasteiger partial charge in [-0.25, -0.2) is 9.36 Å². The second-order valence-electron chi connectivity index (χ2n) is 7.57. The van der Waals surface area contributed by atoms with Crippen LogP contribution in [0.4, 0.5) is 0 Å². The Balaban J connectivity index is 1.61. The number of carbonyl (C=O) groups excluding carboxylic acids is 1. The number of hydrogen-bond donors (Lipinski definition) is 1. The third-order valence-electron chi connectivity index (χ3n) is 5.88. The van der Waals surface area contributed by atoms with Crippen molar-refractivity contribution in [1.29, 1.82) is 5.26 Å². The van der Waals surface area contributed by atoms with Gasteiger partial charge in [-0.3, -0.25) is 9.36 Å². The summed E-state index contributed by atoms with van der Waals surface area (Å²) in [6, 6.07) is 5.97. The number of nitrogens with zero attached hydrogens (tertiary/aromatic N) is 5. The molecule has 0 spiro atoms. The monoisotopic (exact) mass is 425 g/mol. The molecule has 4 heterocycles. The van der Waals surface area contributed by atoms with Crippen LogP contribution < -0.4 is 5.69 Å². The minimum Gasteiger partial charge on any atom is -0.493 e. The summed E-state index contributed by atoms with van der Waals surface area (Å²) >= 11 is 6.26. The van der Waals surface area contributed by atoms with E-state index in [1.54, 1.807) is 35.4 Å². The fraction of sp³-hybridized carbons (Fsp3) is 0.300. The molecule has 2 aromatic heterocycles. The number of hydrogen-bond acceptors (Lipinski definition) is 6. The van der Waals surface area contributed by atoms with Crippen LogP contribution in [0.3, 0.4) is 0 Å². The molecule has 1 aromatic carbocycles. The van der Waals surface area contributed by atoms with Crippen LogP contribution in [0, 0.1) is 25.2 Å². The Morgan fingerprint density at radius 3 is 2.83 bits per heavy atom. The number of amides is 1. The van der Waals surface area contributed by atoms with Crippen molar-refractivity contribution < 1.29 is 14.4 Å². The minimum absolute atomic E-state index is 0.197. The lowest BCUT2D eigenvalue weighted by Gasteiger charge is -2.26. The Morgan fingerprint density at radius 1 is 1.40 bits per heavy atom. The second kappa shape index (κ2) is 6.24. The van der Waals surface area contributed by atoms with E-state index in [1.807, 2.05) is 6.07 Å². The smallest absolute Gasteiger partial charge is 0.336 e. The zero-order valence-corrected chi connectivity index (χ0v) is 16.8. The number of benzene rings is 1. The van der Waals surface area contributed by atoms with Crippen LogP contribution in [0.5, 0.6) is 5.88 Å². The van der Waals surface area contributed by atoms with Crippen LogP contribution in [0.15, 0.2) is 27.5 Å². The maximum atomic E-state index is 13.2. The van der Waals surface area contributed by atoms with E-state index in [0.29, 0.717) is 35.7 Å². The summed E-state index contributed by atoms with van der Waals surface area (Å²) in [5, 5.41) is 24.2. The molecule has 2 unspecified atom stereocenters. The lowest BCUT2D eigenvalue weighted by molar-refractivity contribution is 0.0700. The zero-order chi connectivity index (χ0) is 21.3. The highest BCUT2D eigenvalue weighted by Crippen LogP contribution is 2.49. The van der Waals surface area contributed by atoms with Gasteiger partial charge in [-0.2, -0.15) is 5.26 Å². The summed E-state index contributed by atoms with van der Waals surface area (Å²) in [5.41, 5.74) is 1.39. The number of aryl methyl sites for hydroxylation is 1. The van der Waals surface area contributed by atoms with E-state index in [-0.39, 0.29) is 34.1 Å². The number of carbonyl (C=O) groups is 1. The quantitative estimate of drug-likeness (QED) is 0.674. The standard InChI is InChI=1S/C20H16ClN5O4/c1-9-5-13(23-30-9)18(27)24-8-12-6-15(24)17-19(28)26(20(29)25(12)17)14-4-3-11(7-22)16(21)10(14)2/h3-5,12,15,28H,6,8H2,1-2H3.